The molecule has 1 aromatic carbocycles. The Kier molecular flexibility index (Phi) is 4.64. The zero-order valence-electron chi connectivity index (χ0n) is 12.1. The summed E-state index contributed by atoms with van der Waals surface area (Å²) in [6.07, 6.45) is 4.18. The third-order valence-electron chi connectivity index (χ3n) is 3.75. The number of hydrogen-bond acceptors (Lipinski definition) is 5. The second-order valence-electron chi connectivity index (χ2n) is 5.39. The smallest absolute Gasteiger partial charge is 0.245 e. The van der Waals surface area contributed by atoms with Crippen LogP contribution in [0.25, 0.3) is 0 Å². The molecule has 0 radical (unpaired) electrons. The van der Waals surface area contributed by atoms with E-state index in [0.29, 0.717) is 27.7 Å². The first-order valence-electron chi connectivity index (χ1n) is 7.14. The van der Waals surface area contributed by atoms with E-state index in [1.54, 1.807) is 30.6 Å². The van der Waals surface area contributed by atoms with Gasteiger partial charge in [-0.1, -0.05) is 30.1 Å². The predicted octanol–water partition coefficient (Wildman–Crippen LogP) is 3.47. The van der Waals surface area contributed by atoms with Gasteiger partial charge in [0.15, 0.2) is 0 Å². The van der Waals surface area contributed by atoms with Crippen molar-refractivity contribution in [1.82, 2.24) is 15.2 Å². The first-order chi connectivity index (χ1) is 10.6. The maximum atomic E-state index is 6.17. The maximum absolute atomic E-state index is 6.17. The topological polar surface area (TPSA) is 51.1 Å². The highest BCUT2D eigenvalue weighted by molar-refractivity contribution is 6.34. The molecule has 1 fully saturated rings. The van der Waals surface area contributed by atoms with Crippen molar-refractivity contribution in [3.05, 3.63) is 40.6 Å². The molecule has 3 rings (SSSR count). The van der Waals surface area contributed by atoms with Crippen molar-refractivity contribution in [2.24, 2.45) is 5.92 Å². The van der Waals surface area contributed by atoms with Crippen LogP contribution in [0.3, 0.4) is 0 Å². The lowest BCUT2D eigenvalue weighted by atomic mass is 9.96. The van der Waals surface area contributed by atoms with Crippen LogP contribution in [0.2, 0.25) is 10.0 Å². The summed E-state index contributed by atoms with van der Waals surface area (Å²) in [5.74, 6) is 1.61. The summed E-state index contributed by atoms with van der Waals surface area (Å²) in [6.45, 7) is 3.78. The molecule has 2 unspecified atom stereocenters. The van der Waals surface area contributed by atoms with Crippen LogP contribution in [0.5, 0.6) is 5.75 Å². The molecule has 1 aliphatic heterocycles. The molecule has 1 aromatic heterocycles. The number of halogens is 2. The highest BCUT2D eigenvalue weighted by Gasteiger charge is 2.29. The highest BCUT2D eigenvalue weighted by atomic mass is 35.5. The van der Waals surface area contributed by atoms with Crippen molar-refractivity contribution in [2.45, 2.75) is 19.4 Å². The van der Waals surface area contributed by atoms with E-state index in [9.17, 15) is 0 Å². The SMILES string of the molecule is CC1CN(c2nccnn2)CCC1Oc1cc(Cl)ccc1Cl. The largest absolute Gasteiger partial charge is 0.488 e. The first-order valence-corrected chi connectivity index (χ1v) is 7.89. The van der Waals surface area contributed by atoms with Gasteiger partial charge in [0.1, 0.15) is 11.9 Å². The number of anilines is 1. The average molecular weight is 339 g/mol. The number of ether oxygens (including phenoxy) is 1. The third-order valence-corrected chi connectivity index (χ3v) is 4.30. The van der Waals surface area contributed by atoms with Gasteiger partial charge in [0.25, 0.3) is 0 Å². The van der Waals surface area contributed by atoms with Gasteiger partial charge < -0.3 is 9.64 Å². The fourth-order valence-corrected chi connectivity index (χ4v) is 2.92. The van der Waals surface area contributed by atoms with E-state index in [-0.39, 0.29) is 6.10 Å². The van der Waals surface area contributed by atoms with Crippen molar-refractivity contribution in [2.75, 3.05) is 18.0 Å². The molecule has 116 valence electrons. The van der Waals surface area contributed by atoms with Crippen LogP contribution in [0.15, 0.2) is 30.6 Å². The molecule has 0 saturated carbocycles. The lowest BCUT2D eigenvalue weighted by Gasteiger charge is -2.36. The third kappa shape index (κ3) is 3.42. The molecule has 7 heteroatoms. The molecule has 0 N–H and O–H groups in total. The monoisotopic (exact) mass is 338 g/mol. The highest BCUT2D eigenvalue weighted by Crippen LogP contribution is 2.31. The van der Waals surface area contributed by atoms with Crippen LogP contribution in [0.4, 0.5) is 5.95 Å². The summed E-state index contributed by atoms with van der Waals surface area (Å²) in [5.41, 5.74) is 0. The molecular formula is C15H16Cl2N4O. The van der Waals surface area contributed by atoms with Crippen LogP contribution < -0.4 is 9.64 Å². The Balaban J connectivity index is 1.67. The molecule has 22 heavy (non-hydrogen) atoms. The number of rotatable bonds is 3. The van der Waals surface area contributed by atoms with Crippen molar-refractivity contribution in [1.29, 1.82) is 0 Å². The van der Waals surface area contributed by atoms with Gasteiger partial charge in [-0.25, -0.2) is 4.98 Å². The summed E-state index contributed by atoms with van der Waals surface area (Å²) in [4.78, 5) is 6.37. The van der Waals surface area contributed by atoms with Gasteiger partial charge in [0, 0.05) is 36.5 Å². The van der Waals surface area contributed by atoms with Crippen LogP contribution in [-0.4, -0.2) is 34.4 Å². The molecular weight excluding hydrogens is 323 g/mol. The van der Waals surface area contributed by atoms with Crippen LogP contribution in [-0.2, 0) is 0 Å². The van der Waals surface area contributed by atoms with E-state index in [0.717, 1.165) is 19.5 Å². The van der Waals surface area contributed by atoms with Gasteiger partial charge in [-0.05, 0) is 12.1 Å². The number of hydrogen-bond donors (Lipinski definition) is 0. The van der Waals surface area contributed by atoms with Crippen molar-refractivity contribution < 1.29 is 4.74 Å². The minimum Gasteiger partial charge on any atom is -0.488 e. The Morgan fingerprint density at radius 1 is 1.27 bits per heavy atom. The molecule has 0 amide bonds. The molecule has 2 atom stereocenters. The fraction of sp³-hybridized carbons (Fsp3) is 0.400. The second kappa shape index (κ2) is 6.67. The number of piperidine rings is 1. The van der Waals surface area contributed by atoms with E-state index in [2.05, 4.69) is 27.0 Å². The summed E-state index contributed by atoms with van der Waals surface area (Å²) in [5, 5.41) is 9.13. The quantitative estimate of drug-likeness (QED) is 0.857. The standard InChI is InChI=1S/C15H16Cl2N4O/c1-10-9-21(15-18-5-6-19-20-15)7-4-13(10)22-14-8-11(16)2-3-12(14)17/h2-3,5-6,8,10,13H,4,7,9H2,1H3. The zero-order valence-corrected chi connectivity index (χ0v) is 13.6. The lowest BCUT2D eigenvalue weighted by Crippen LogP contribution is -2.45. The molecule has 0 bridgehead atoms. The van der Waals surface area contributed by atoms with E-state index in [4.69, 9.17) is 27.9 Å². The summed E-state index contributed by atoms with van der Waals surface area (Å²) >= 11 is 12.2. The maximum Gasteiger partial charge on any atom is 0.245 e. The van der Waals surface area contributed by atoms with Crippen molar-refractivity contribution in [3.63, 3.8) is 0 Å². The van der Waals surface area contributed by atoms with E-state index >= 15 is 0 Å². The van der Waals surface area contributed by atoms with E-state index in [1.807, 2.05) is 0 Å². The number of benzene rings is 1. The Morgan fingerprint density at radius 3 is 2.86 bits per heavy atom. The molecule has 0 aliphatic carbocycles. The summed E-state index contributed by atoms with van der Waals surface area (Å²) in [6, 6.07) is 5.26. The predicted molar refractivity (Wildman–Crippen MR) is 86.7 cm³/mol. The van der Waals surface area contributed by atoms with Crippen LogP contribution >= 0.6 is 23.2 Å². The molecule has 0 spiro atoms. The van der Waals surface area contributed by atoms with Gasteiger partial charge in [-0.15, -0.1) is 5.10 Å². The van der Waals surface area contributed by atoms with Crippen LogP contribution in [0.1, 0.15) is 13.3 Å². The molecule has 1 saturated heterocycles. The van der Waals surface area contributed by atoms with Gasteiger partial charge in [-0.2, -0.15) is 5.10 Å². The zero-order chi connectivity index (χ0) is 15.5. The molecule has 5 nitrogen and oxygen atoms in total. The Morgan fingerprint density at radius 2 is 2.14 bits per heavy atom. The van der Waals surface area contributed by atoms with Gasteiger partial charge in [0.05, 0.1) is 17.4 Å². The van der Waals surface area contributed by atoms with Crippen molar-refractivity contribution in [3.8, 4) is 5.75 Å². The van der Waals surface area contributed by atoms with Gasteiger partial charge in [-0.3, -0.25) is 0 Å². The summed E-state index contributed by atoms with van der Waals surface area (Å²) in [7, 11) is 0. The van der Waals surface area contributed by atoms with Gasteiger partial charge >= 0.3 is 0 Å². The average Bonchev–Trinajstić information content (AvgIpc) is 2.53. The molecule has 2 heterocycles. The van der Waals surface area contributed by atoms with Crippen LogP contribution in [0, 0.1) is 5.92 Å². The Bertz CT molecular complexity index is 641. The lowest BCUT2D eigenvalue weighted by molar-refractivity contribution is 0.121. The summed E-state index contributed by atoms with van der Waals surface area (Å²) < 4.78 is 6.06. The molecule has 1 aliphatic rings. The number of aromatic nitrogens is 3. The second-order valence-corrected chi connectivity index (χ2v) is 6.23. The fourth-order valence-electron chi connectivity index (χ4n) is 2.60. The molecule has 2 aromatic rings. The van der Waals surface area contributed by atoms with E-state index < -0.39 is 0 Å². The normalized spacial score (nSPS) is 21.7. The van der Waals surface area contributed by atoms with E-state index in [1.165, 1.54) is 0 Å². The van der Waals surface area contributed by atoms with Crippen molar-refractivity contribution >= 4 is 29.2 Å². The van der Waals surface area contributed by atoms with Gasteiger partial charge in [0.2, 0.25) is 5.95 Å². The first kappa shape index (κ1) is 15.3. The Hall–Kier alpha value is -1.59. The Labute approximate surface area is 139 Å². The number of nitrogens with zero attached hydrogens (tertiary/aromatic N) is 4. The minimum absolute atomic E-state index is 0.0869. The minimum atomic E-state index is 0.0869.